The topological polar surface area (TPSA) is 98.0 Å². The van der Waals surface area contributed by atoms with Crippen LogP contribution in [0.5, 0.6) is 0 Å². The first-order valence-electron chi connectivity index (χ1n) is 6.12. The van der Waals surface area contributed by atoms with Crippen molar-refractivity contribution in [2.75, 3.05) is 11.3 Å². The molecule has 6 nitrogen and oxygen atoms in total. The maximum Gasteiger partial charge on any atom is 0.264 e. The number of benzene rings is 1. The molecule has 0 amide bonds. The van der Waals surface area contributed by atoms with Crippen LogP contribution in [0, 0.1) is 18.8 Å². The standard InChI is InChI=1S/C14H14N4O2S/c1-11-5-6-12(4-2-7-15)10-13(11)21(19,20)18-14-16-8-3-9-17-14/h3,5-6,8-10H,7,15H2,1H3,(H,16,17,18). The van der Waals surface area contributed by atoms with Gasteiger partial charge in [-0.2, -0.15) is 0 Å². The van der Waals surface area contributed by atoms with Crippen molar-refractivity contribution in [2.24, 2.45) is 5.73 Å². The Morgan fingerprint density at radius 1 is 1.29 bits per heavy atom. The lowest BCUT2D eigenvalue weighted by atomic mass is 10.1. The fourth-order valence-corrected chi connectivity index (χ4v) is 2.88. The van der Waals surface area contributed by atoms with Crippen LogP contribution in [0.4, 0.5) is 5.95 Å². The van der Waals surface area contributed by atoms with Crippen LogP contribution in [0.2, 0.25) is 0 Å². The summed E-state index contributed by atoms with van der Waals surface area (Å²) in [6.45, 7) is 1.92. The minimum Gasteiger partial charge on any atom is -0.320 e. The van der Waals surface area contributed by atoms with Gasteiger partial charge in [0.2, 0.25) is 5.95 Å². The Morgan fingerprint density at radius 3 is 2.67 bits per heavy atom. The summed E-state index contributed by atoms with van der Waals surface area (Å²) in [5.41, 5.74) is 6.50. The summed E-state index contributed by atoms with van der Waals surface area (Å²) in [5, 5.41) is 0. The third-order valence-corrected chi connectivity index (χ3v) is 4.07. The monoisotopic (exact) mass is 302 g/mol. The van der Waals surface area contributed by atoms with E-state index < -0.39 is 10.0 Å². The van der Waals surface area contributed by atoms with Gasteiger partial charge in [-0.05, 0) is 30.7 Å². The third kappa shape index (κ3) is 3.78. The van der Waals surface area contributed by atoms with Gasteiger partial charge >= 0.3 is 0 Å². The van der Waals surface area contributed by atoms with E-state index in [2.05, 4.69) is 26.5 Å². The molecule has 0 unspecified atom stereocenters. The summed E-state index contributed by atoms with van der Waals surface area (Å²) in [7, 11) is -3.77. The van der Waals surface area contributed by atoms with E-state index >= 15 is 0 Å². The van der Waals surface area contributed by atoms with Gasteiger partial charge in [0, 0.05) is 18.0 Å². The van der Waals surface area contributed by atoms with Crippen LogP contribution in [-0.2, 0) is 10.0 Å². The van der Waals surface area contributed by atoms with Crippen LogP contribution in [0.3, 0.4) is 0 Å². The lowest BCUT2D eigenvalue weighted by Crippen LogP contribution is -2.16. The Bertz CT molecular complexity index is 793. The Hall–Kier alpha value is -2.43. The smallest absolute Gasteiger partial charge is 0.264 e. The minimum atomic E-state index is -3.77. The maximum absolute atomic E-state index is 12.4. The van der Waals surface area contributed by atoms with E-state index in [9.17, 15) is 8.42 Å². The van der Waals surface area contributed by atoms with Crippen molar-refractivity contribution in [3.05, 3.63) is 47.8 Å². The molecule has 0 saturated carbocycles. The van der Waals surface area contributed by atoms with Crippen LogP contribution < -0.4 is 10.5 Å². The van der Waals surface area contributed by atoms with Crippen molar-refractivity contribution in [1.29, 1.82) is 0 Å². The first-order chi connectivity index (χ1) is 10.0. The molecule has 0 aliphatic carbocycles. The van der Waals surface area contributed by atoms with Crippen LogP contribution in [-0.4, -0.2) is 24.9 Å². The molecule has 0 saturated heterocycles. The summed E-state index contributed by atoms with van der Waals surface area (Å²) < 4.78 is 27.1. The summed E-state index contributed by atoms with van der Waals surface area (Å²) in [6.07, 6.45) is 2.92. The Balaban J connectivity index is 2.39. The van der Waals surface area contributed by atoms with Gasteiger partial charge in [-0.3, -0.25) is 0 Å². The van der Waals surface area contributed by atoms with Gasteiger partial charge in [-0.15, -0.1) is 0 Å². The number of hydrogen-bond donors (Lipinski definition) is 2. The maximum atomic E-state index is 12.4. The fraction of sp³-hybridized carbons (Fsp3) is 0.143. The molecule has 3 N–H and O–H groups in total. The van der Waals surface area contributed by atoms with Crippen molar-refractivity contribution in [1.82, 2.24) is 9.97 Å². The molecular formula is C14H14N4O2S. The molecule has 0 bridgehead atoms. The van der Waals surface area contributed by atoms with Crippen molar-refractivity contribution in [3.63, 3.8) is 0 Å². The molecule has 0 aliphatic rings. The van der Waals surface area contributed by atoms with E-state index in [-0.39, 0.29) is 17.4 Å². The molecule has 0 radical (unpaired) electrons. The van der Waals surface area contributed by atoms with Gasteiger partial charge in [0.25, 0.3) is 10.0 Å². The van der Waals surface area contributed by atoms with Crippen molar-refractivity contribution < 1.29 is 8.42 Å². The Labute approximate surface area is 123 Å². The average molecular weight is 302 g/mol. The van der Waals surface area contributed by atoms with Crippen molar-refractivity contribution in [3.8, 4) is 11.8 Å². The fourth-order valence-electron chi connectivity index (χ4n) is 1.65. The SMILES string of the molecule is Cc1ccc(C#CCN)cc1S(=O)(=O)Nc1ncccn1. The van der Waals surface area contributed by atoms with E-state index in [1.54, 1.807) is 25.1 Å². The molecule has 0 atom stereocenters. The van der Waals surface area contributed by atoms with Gasteiger partial charge in [-0.25, -0.2) is 23.1 Å². The number of nitrogens with two attached hydrogens (primary N) is 1. The predicted octanol–water partition coefficient (Wildman–Crippen LogP) is 0.896. The minimum absolute atomic E-state index is 0.0235. The van der Waals surface area contributed by atoms with E-state index in [0.717, 1.165) is 0 Å². The number of hydrogen-bond acceptors (Lipinski definition) is 5. The van der Waals surface area contributed by atoms with Crippen molar-refractivity contribution >= 4 is 16.0 Å². The first-order valence-corrected chi connectivity index (χ1v) is 7.60. The van der Waals surface area contributed by atoms with Crippen molar-refractivity contribution in [2.45, 2.75) is 11.8 Å². The third-order valence-electron chi connectivity index (χ3n) is 2.60. The zero-order valence-electron chi connectivity index (χ0n) is 11.4. The molecule has 1 aromatic carbocycles. The van der Waals surface area contributed by atoms with E-state index in [4.69, 9.17) is 5.73 Å². The quantitative estimate of drug-likeness (QED) is 0.821. The molecule has 0 spiro atoms. The highest BCUT2D eigenvalue weighted by molar-refractivity contribution is 7.92. The van der Waals surface area contributed by atoms with E-state index in [0.29, 0.717) is 11.1 Å². The zero-order chi connectivity index (χ0) is 15.3. The number of aromatic nitrogens is 2. The number of nitrogens with zero attached hydrogens (tertiary/aromatic N) is 2. The second kappa shape index (κ2) is 6.35. The Kier molecular flexibility index (Phi) is 4.52. The van der Waals surface area contributed by atoms with Crippen LogP contribution in [0.25, 0.3) is 0 Å². The van der Waals surface area contributed by atoms with Crippen LogP contribution in [0.15, 0.2) is 41.6 Å². The highest BCUT2D eigenvalue weighted by Crippen LogP contribution is 2.18. The summed E-state index contributed by atoms with van der Waals surface area (Å²) >= 11 is 0. The number of sulfonamides is 1. The lowest BCUT2D eigenvalue weighted by molar-refractivity contribution is 0.600. The summed E-state index contributed by atoms with van der Waals surface area (Å²) in [4.78, 5) is 7.83. The summed E-state index contributed by atoms with van der Waals surface area (Å²) in [5.74, 6) is 5.52. The molecule has 0 aliphatic heterocycles. The molecule has 7 heteroatoms. The molecule has 2 rings (SSSR count). The molecule has 0 fully saturated rings. The molecule has 2 aromatic rings. The summed E-state index contributed by atoms with van der Waals surface area (Å²) in [6, 6.07) is 6.55. The number of nitrogens with one attached hydrogen (secondary N) is 1. The molecule has 21 heavy (non-hydrogen) atoms. The number of rotatable bonds is 3. The highest BCUT2D eigenvalue weighted by Gasteiger charge is 2.18. The predicted molar refractivity (Wildman–Crippen MR) is 80.0 cm³/mol. The van der Waals surface area contributed by atoms with Gasteiger partial charge < -0.3 is 5.73 Å². The van der Waals surface area contributed by atoms with E-state index in [1.165, 1.54) is 18.5 Å². The van der Waals surface area contributed by atoms with Gasteiger partial charge in [0.1, 0.15) is 0 Å². The second-order valence-electron chi connectivity index (χ2n) is 4.16. The first kappa shape index (κ1) is 15.0. The van der Waals surface area contributed by atoms with Gasteiger partial charge in [0.15, 0.2) is 0 Å². The lowest BCUT2D eigenvalue weighted by Gasteiger charge is -2.09. The van der Waals surface area contributed by atoms with Crippen LogP contribution in [0.1, 0.15) is 11.1 Å². The second-order valence-corrected chi connectivity index (χ2v) is 5.81. The molecule has 1 aromatic heterocycles. The number of anilines is 1. The normalized spacial score (nSPS) is 10.6. The number of aryl methyl sites for hydroxylation is 1. The van der Waals surface area contributed by atoms with Crippen LogP contribution >= 0.6 is 0 Å². The highest BCUT2D eigenvalue weighted by atomic mass is 32.2. The molecule has 108 valence electrons. The Morgan fingerprint density at radius 2 is 2.00 bits per heavy atom. The van der Waals surface area contributed by atoms with Gasteiger partial charge in [-0.1, -0.05) is 17.9 Å². The molecular weight excluding hydrogens is 288 g/mol. The zero-order valence-corrected chi connectivity index (χ0v) is 12.2. The van der Waals surface area contributed by atoms with Gasteiger partial charge in [0.05, 0.1) is 11.4 Å². The molecule has 1 heterocycles. The average Bonchev–Trinajstić information content (AvgIpc) is 2.47. The van der Waals surface area contributed by atoms with E-state index in [1.807, 2.05) is 0 Å². The largest absolute Gasteiger partial charge is 0.320 e.